The molecule has 1 fully saturated rings. The molecule has 0 unspecified atom stereocenters. The van der Waals surface area contributed by atoms with Gasteiger partial charge in [-0.1, -0.05) is 6.07 Å². The molecule has 11 heteroatoms. The Morgan fingerprint density at radius 1 is 1.12 bits per heavy atom. The average Bonchev–Trinajstić information content (AvgIpc) is 3.39. The zero-order valence-electron chi connectivity index (χ0n) is 23.6. The third kappa shape index (κ3) is 6.41. The van der Waals surface area contributed by atoms with Crippen LogP contribution in [0.3, 0.4) is 0 Å². The number of fused-ring (bicyclic) bond motifs is 1. The number of nitrogens with one attached hydrogen (secondary N) is 1. The van der Waals surface area contributed by atoms with Crippen molar-refractivity contribution >= 4 is 32.3 Å². The number of benzene rings is 2. The average molecular weight is 580 g/mol. The van der Waals surface area contributed by atoms with Gasteiger partial charge in [-0.15, -0.1) is 0 Å². The maximum atomic E-state index is 15.0. The van der Waals surface area contributed by atoms with Crippen molar-refractivity contribution in [3.8, 4) is 11.5 Å². The normalized spacial score (nSPS) is 15.2. The molecule has 1 aliphatic rings. The molecule has 0 saturated carbocycles. The number of likely N-dealkylation sites (tertiary alicyclic amines) is 1. The van der Waals surface area contributed by atoms with E-state index < -0.39 is 20.9 Å². The Bertz CT molecular complexity index is 1690. The van der Waals surface area contributed by atoms with Gasteiger partial charge in [0.1, 0.15) is 17.3 Å². The molecule has 0 aliphatic carbocycles. The molecule has 2 aromatic carbocycles. The number of ether oxygens (including phenoxy) is 1. The first-order valence-electron chi connectivity index (χ1n) is 13.5. The fourth-order valence-corrected chi connectivity index (χ4v) is 6.60. The van der Waals surface area contributed by atoms with Gasteiger partial charge in [0.15, 0.2) is 9.84 Å². The van der Waals surface area contributed by atoms with Gasteiger partial charge in [-0.3, -0.25) is 14.5 Å². The van der Waals surface area contributed by atoms with E-state index in [-0.39, 0.29) is 34.1 Å². The monoisotopic (exact) mass is 579 g/mol. The summed E-state index contributed by atoms with van der Waals surface area (Å²) in [5, 5.41) is 7.08. The maximum Gasteiger partial charge on any atom is 0.228 e. The summed E-state index contributed by atoms with van der Waals surface area (Å²) in [6, 6.07) is 10.7. The highest BCUT2D eigenvalue weighted by molar-refractivity contribution is 7.92. The highest BCUT2D eigenvalue weighted by Gasteiger charge is 2.30. The van der Waals surface area contributed by atoms with E-state index in [1.807, 2.05) is 27.8 Å². The molecule has 9 nitrogen and oxygen atoms in total. The van der Waals surface area contributed by atoms with E-state index in [1.54, 1.807) is 53.6 Å². The van der Waals surface area contributed by atoms with Gasteiger partial charge < -0.3 is 15.0 Å². The number of carbonyl (C=O) groups is 1. The number of nitrogens with zero attached hydrogens (tertiary/aromatic N) is 4. The predicted molar refractivity (Wildman–Crippen MR) is 155 cm³/mol. The van der Waals surface area contributed by atoms with Crippen molar-refractivity contribution in [1.29, 1.82) is 0 Å². The third-order valence-corrected chi connectivity index (χ3v) is 9.52. The minimum Gasteiger partial charge on any atom is -0.456 e. The molecule has 0 bridgehead atoms. The summed E-state index contributed by atoms with van der Waals surface area (Å²) in [5.74, 6) is -0.387. The number of anilines is 1. The molecule has 0 atom stereocenters. The number of hydrogen-bond donors (Lipinski definition) is 1. The summed E-state index contributed by atoms with van der Waals surface area (Å²) in [6.45, 7) is 7.46. The second-order valence-electron chi connectivity index (χ2n) is 11.5. The zero-order chi connectivity index (χ0) is 29.4. The van der Waals surface area contributed by atoms with Crippen LogP contribution in [-0.2, 0) is 26.6 Å². The highest BCUT2D eigenvalue weighted by atomic mass is 32.2. The molecule has 1 N–H and O–H groups in total. The summed E-state index contributed by atoms with van der Waals surface area (Å²) < 4.78 is 49.5. The van der Waals surface area contributed by atoms with Gasteiger partial charge in [0.25, 0.3) is 0 Å². The van der Waals surface area contributed by atoms with Gasteiger partial charge in [-0.05, 0) is 89.6 Å². The first-order valence-corrected chi connectivity index (χ1v) is 15.1. The van der Waals surface area contributed by atoms with Crippen molar-refractivity contribution < 1.29 is 22.3 Å². The van der Waals surface area contributed by atoms with Crippen LogP contribution in [0.1, 0.15) is 39.2 Å². The predicted octanol–water partition coefficient (Wildman–Crippen LogP) is 5.17. The van der Waals surface area contributed by atoms with E-state index >= 15 is 4.39 Å². The lowest BCUT2D eigenvalue weighted by molar-refractivity contribution is -0.115. The van der Waals surface area contributed by atoms with Crippen LogP contribution >= 0.6 is 0 Å². The number of hydrogen-bond acceptors (Lipinski definition) is 7. The summed E-state index contributed by atoms with van der Waals surface area (Å²) in [7, 11) is -1.54. The Morgan fingerprint density at radius 2 is 1.88 bits per heavy atom. The van der Waals surface area contributed by atoms with Crippen molar-refractivity contribution in [2.45, 2.75) is 55.7 Å². The zero-order valence-corrected chi connectivity index (χ0v) is 24.4. The van der Waals surface area contributed by atoms with E-state index in [0.717, 1.165) is 13.1 Å². The Hall–Kier alpha value is -3.83. The Kier molecular flexibility index (Phi) is 7.85. The van der Waals surface area contributed by atoms with Crippen molar-refractivity contribution in [2.24, 2.45) is 0 Å². The number of carbonyl (C=O) groups excluding carboxylic acids is 1. The van der Waals surface area contributed by atoms with Crippen LogP contribution in [-0.4, -0.2) is 59.4 Å². The van der Waals surface area contributed by atoms with Crippen LogP contribution in [0.4, 0.5) is 10.1 Å². The van der Waals surface area contributed by atoms with Crippen molar-refractivity contribution in [3.05, 3.63) is 72.4 Å². The molecule has 1 aliphatic heterocycles. The number of piperidine rings is 1. The quantitative estimate of drug-likeness (QED) is 0.322. The molecule has 5 rings (SSSR count). The summed E-state index contributed by atoms with van der Waals surface area (Å²) in [6.07, 6.45) is 5.84. The SMILES string of the molecule is CN1CCC(S(=O)(=O)c2ccc3nccc(Oc4ccc(CC(=O)Nc5cnn(C(C)(C)C)c5)c(F)c4)c3c2)CC1. The van der Waals surface area contributed by atoms with Crippen LogP contribution in [0.2, 0.25) is 0 Å². The maximum absolute atomic E-state index is 15.0. The molecule has 2 aromatic heterocycles. The van der Waals surface area contributed by atoms with Crippen molar-refractivity contribution in [3.63, 3.8) is 0 Å². The van der Waals surface area contributed by atoms with E-state index in [0.29, 0.717) is 35.2 Å². The number of rotatable bonds is 7. The van der Waals surface area contributed by atoms with Crippen LogP contribution in [0.15, 0.2) is 66.0 Å². The molecule has 0 spiro atoms. The van der Waals surface area contributed by atoms with E-state index in [1.165, 1.54) is 12.1 Å². The number of sulfone groups is 1. The molecule has 0 radical (unpaired) electrons. The summed E-state index contributed by atoms with van der Waals surface area (Å²) >= 11 is 0. The van der Waals surface area contributed by atoms with Crippen molar-refractivity contribution in [2.75, 3.05) is 25.5 Å². The Labute approximate surface area is 239 Å². The lowest BCUT2D eigenvalue weighted by Gasteiger charge is -2.28. The number of pyridine rings is 1. The second kappa shape index (κ2) is 11.2. The summed E-state index contributed by atoms with van der Waals surface area (Å²) in [4.78, 5) is 19.2. The van der Waals surface area contributed by atoms with E-state index in [2.05, 4.69) is 20.3 Å². The molecule has 216 valence electrons. The number of amides is 1. The molecule has 3 heterocycles. The fraction of sp³-hybridized carbons (Fsp3) is 0.367. The largest absolute Gasteiger partial charge is 0.456 e. The smallest absolute Gasteiger partial charge is 0.228 e. The summed E-state index contributed by atoms with van der Waals surface area (Å²) in [5.41, 5.74) is 1.08. The lowest BCUT2D eigenvalue weighted by Crippen LogP contribution is -2.37. The Morgan fingerprint density at radius 3 is 2.56 bits per heavy atom. The first-order chi connectivity index (χ1) is 19.4. The van der Waals surface area contributed by atoms with Crippen LogP contribution in [0, 0.1) is 5.82 Å². The van der Waals surface area contributed by atoms with Gasteiger partial charge in [0.05, 0.1) is 39.5 Å². The molecule has 4 aromatic rings. The highest BCUT2D eigenvalue weighted by Crippen LogP contribution is 2.33. The minimum absolute atomic E-state index is 0.164. The van der Waals surface area contributed by atoms with E-state index in [9.17, 15) is 13.2 Å². The first kappa shape index (κ1) is 28.7. The molecule has 1 amide bonds. The topological polar surface area (TPSA) is 106 Å². The van der Waals surface area contributed by atoms with Gasteiger partial charge in [-0.25, -0.2) is 12.8 Å². The van der Waals surface area contributed by atoms with E-state index in [4.69, 9.17) is 4.74 Å². The van der Waals surface area contributed by atoms with Gasteiger partial charge in [-0.2, -0.15) is 5.10 Å². The Balaban J connectivity index is 1.32. The molecule has 41 heavy (non-hydrogen) atoms. The molecular formula is C30H34FN5O4S. The number of halogens is 1. The third-order valence-electron chi connectivity index (χ3n) is 7.26. The van der Waals surface area contributed by atoms with Crippen LogP contribution in [0.25, 0.3) is 10.9 Å². The van der Waals surface area contributed by atoms with Crippen molar-refractivity contribution in [1.82, 2.24) is 19.7 Å². The molecular weight excluding hydrogens is 545 g/mol. The second-order valence-corrected chi connectivity index (χ2v) is 13.7. The fourth-order valence-electron chi connectivity index (χ4n) is 4.85. The lowest BCUT2D eigenvalue weighted by atomic mass is 10.1. The van der Waals surface area contributed by atoms with Crippen LogP contribution < -0.4 is 10.1 Å². The standard InChI is InChI=1S/C30H34FN5O4S/c1-30(2,3)36-19-21(18-33-36)34-29(37)15-20-5-6-22(16-26(20)31)40-28-9-12-32-27-8-7-24(17-25(27)28)41(38,39)23-10-13-35(4)14-11-23/h5-9,12,16-19,23H,10-11,13-15H2,1-4H3,(H,34,37). The van der Waals surface area contributed by atoms with Gasteiger partial charge >= 0.3 is 0 Å². The van der Waals surface area contributed by atoms with Gasteiger partial charge in [0, 0.05) is 23.8 Å². The minimum atomic E-state index is -3.53. The van der Waals surface area contributed by atoms with Crippen LogP contribution in [0.5, 0.6) is 11.5 Å². The molecule has 1 saturated heterocycles. The number of aromatic nitrogens is 3. The van der Waals surface area contributed by atoms with Gasteiger partial charge in [0.2, 0.25) is 5.91 Å².